The number of ether oxygens (including phenoxy) is 3. The minimum atomic E-state index is -0.511. The summed E-state index contributed by atoms with van der Waals surface area (Å²) in [7, 11) is 1.51. The van der Waals surface area contributed by atoms with Gasteiger partial charge in [-0.1, -0.05) is 6.07 Å². The molecule has 0 amide bonds. The third kappa shape index (κ3) is 3.74. The predicted molar refractivity (Wildman–Crippen MR) is 102 cm³/mol. The third-order valence-electron chi connectivity index (χ3n) is 4.82. The molecule has 144 valence electrons. The summed E-state index contributed by atoms with van der Waals surface area (Å²) in [5.41, 5.74) is 0.939. The van der Waals surface area contributed by atoms with E-state index in [0.717, 1.165) is 0 Å². The van der Waals surface area contributed by atoms with E-state index in [1.165, 1.54) is 13.2 Å². The number of aliphatic imine (C=N–C) groups is 1. The van der Waals surface area contributed by atoms with E-state index in [1.807, 2.05) is 4.90 Å². The SMILES string of the molecule is COC(=Nc1cccc(F)c1N1CCC2(CC1)OCCO2)c1ccc(Br)o1. The van der Waals surface area contributed by atoms with Crippen LogP contribution in [0.1, 0.15) is 18.6 Å². The van der Waals surface area contributed by atoms with E-state index in [9.17, 15) is 4.39 Å². The molecule has 1 spiro atoms. The first-order chi connectivity index (χ1) is 13.1. The van der Waals surface area contributed by atoms with Crippen LogP contribution in [0.5, 0.6) is 0 Å². The van der Waals surface area contributed by atoms with E-state index in [1.54, 1.807) is 24.3 Å². The molecule has 2 aliphatic rings. The number of halogens is 2. The van der Waals surface area contributed by atoms with Crippen LogP contribution in [0, 0.1) is 5.82 Å². The van der Waals surface area contributed by atoms with Crippen LogP contribution in [-0.4, -0.2) is 45.1 Å². The molecule has 3 heterocycles. The summed E-state index contributed by atoms with van der Waals surface area (Å²) < 4.78 is 37.7. The van der Waals surface area contributed by atoms with Gasteiger partial charge in [0.25, 0.3) is 5.90 Å². The minimum absolute atomic E-state index is 0.281. The van der Waals surface area contributed by atoms with Gasteiger partial charge in [-0.15, -0.1) is 0 Å². The van der Waals surface area contributed by atoms with Crippen molar-refractivity contribution >= 4 is 33.2 Å². The molecule has 0 N–H and O–H groups in total. The van der Waals surface area contributed by atoms with E-state index >= 15 is 0 Å². The highest BCUT2D eigenvalue weighted by Gasteiger charge is 2.40. The van der Waals surface area contributed by atoms with Crippen LogP contribution in [0.3, 0.4) is 0 Å². The molecule has 2 aromatic rings. The average molecular weight is 439 g/mol. The summed E-state index contributed by atoms with van der Waals surface area (Å²) in [6, 6.07) is 8.34. The molecule has 0 saturated carbocycles. The maximum Gasteiger partial charge on any atom is 0.258 e. The molecule has 2 fully saturated rings. The monoisotopic (exact) mass is 438 g/mol. The van der Waals surface area contributed by atoms with Gasteiger partial charge in [-0.2, -0.15) is 0 Å². The lowest BCUT2D eigenvalue weighted by Crippen LogP contribution is -2.45. The molecule has 0 atom stereocenters. The number of nitrogens with zero attached hydrogens (tertiary/aromatic N) is 2. The van der Waals surface area contributed by atoms with Crippen LogP contribution in [0.15, 0.2) is 44.4 Å². The minimum Gasteiger partial charge on any atom is -0.478 e. The van der Waals surface area contributed by atoms with Gasteiger partial charge in [-0.3, -0.25) is 0 Å². The number of hydrogen-bond acceptors (Lipinski definition) is 6. The topological polar surface area (TPSA) is 56.4 Å². The zero-order chi connectivity index (χ0) is 18.9. The third-order valence-corrected chi connectivity index (χ3v) is 5.25. The summed E-state index contributed by atoms with van der Waals surface area (Å²) in [5.74, 6) is -0.0893. The van der Waals surface area contributed by atoms with Crippen LogP contribution < -0.4 is 4.90 Å². The number of methoxy groups -OCH3 is 1. The molecule has 2 aliphatic heterocycles. The van der Waals surface area contributed by atoms with Gasteiger partial charge in [0.1, 0.15) is 5.82 Å². The molecular weight excluding hydrogens is 419 g/mol. The Morgan fingerprint density at radius 3 is 2.56 bits per heavy atom. The number of rotatable bonds is 3. The summed E-state index contributed by atoms with van der Waals surface area (Å²) in [5, 5.41) is 0. The number of benzene rings is 1. The lowest BCUT2D eigenvalue weighted by molar-refractivity contribution is -0.169. The fraction of sp³-hybridized carbons (Fsp3) is 0.421. The fourth-order valence-electron chi connectivity index (χ4n) is 3.50. The Balaban J connectivity index is 1.63. The molecule has 1 aromatic heterocycles. The first-order valence-corrected chi connectivity index (χ1v) is 9.59. The largest absolute Gasteiger partial charge is 0.478 e. The van der Waals surface area contributed by atoms with Crippen molar-refractivity contribution in [1.82, 2.24) is 0 Å². The van der Waals surface area contributed by atoms with Crippen LogP contribution >= 0.6 is 15.9 Å². The number of piperidine rings is 1. The van der Waals surface area contributed by atoms with Gasteiger partial charge in [0, 0.05) is 25.9 Å². The maximum atomic E-state index is 14.7. The Kier molecular flexibility index (Phi) is 5.21. The Bertz CT molecular complexity index is 838. The number of para-hydroxylation sites is 1. The van der Waals surface area contributed by atoms with Crippen molar-refractivity contribution in [3.05, 3.63) is 46.6 Å². The molecule has 6 nitrogen and oxygen atoms in total. The van der Waals surface area contributed by atoms with Gasteiger partial charge in [0.2, 0.25) is 0 Å². The van der Waals surface area contributed by atoms with Crippen molar-refractivity contribution in [3.8, 4) is 0 Å². The van der Waals surface area contributed by atoms with Gasteiger partial charge in [-0.05, 0) is 40.2 Å². The quantitative estimate of drug-likeness (QED) is 0.529. The second-order valence-corrected chi connectivity index (χ2v) is 7.21. The van der Waals surface area contributed by atoms with Gasteiger partial charge in [0.05, 0.1) is 31.7 Å². The molecule has 1 aromatic carbocycles. The zero-order valence-electron chi connectivity index (χ0n) is 14.9. The highest BCUT2D eigenvalue weighted by molar-refractivity contribution is 9.10. The first-order valence-electron chi connectivity index (χ1n) is 8.80. The van der Waals surface area contributed by atoms with Crippen molar-refractivity contribution in [2.75, 3.05) is 38.3 Å². The lowest BCUT2D eigenvalue weighted by atomic mass is 10.0. The van der Waals surface area contributed by atoms with Gasteiger partial charge in [0.15, 0.2) is 16.2 Å². The second-order valence-electron chi connectivity index (χ2n) is 6.43. The average Bonchev–Trinajstić information content (AvgIpc) is 3.30. The molecule has 4 rings (SSSR count). The van der Waals surface area contributed by atoms with Crippen molar-refractivity contribution in [2.45, 2.75) is 18.6 Å². The van der Waals surface area contributed by atoms with Crippen LogP contribution in [-0.2, 0) is 14.2 Å². The Morgan fingerprint density at radius 2 is 1.93 bits per heavy atom. The van der Waals surface area contributed by atoms with E-state index in [-0.39, 0.29) is 11.7 Å². The number of anilines is 1. The van der Waals surface area contributed by atoms with Gasteiger partial charge in [-0.25, -0.2) is 9.38 Å². The van der Waals surface area contributed by atoms with Crippen molar-refractivity contribution in [3.63, 3.8) is 0 Å². The van der Waals surface area contributed by atoms with Crippen molar-refractivity contribution < 1.29 is 23.0 Å². The summed E-state index contributed by atoms with van der Waals surface area (Å²) in [6.07, 6.45) is 1.37. The molecule has 0 unspecified atom stereocenters. The van der Waals surface area contributed by atoms with E-state index < -0.39 is 5.79 Å². The molecule has 0 bridgehead atoms. The van der Waals surface area contributed by atoms with Gasteiger partial charge >= 0.3 is 0 Å². The van der Waals surface area contributed by atoms with Crippen LogP contribution in [0.2, 0.25) is 0 Å². The number of furan rings is 1. The van der Waals surface area contributed by atoms with Gasteiger partial charge < -0.3 is 23.5 Å². The highest BCUT2D eigenvalue weighted by Crippen LogP contribution is 2.38. The summed E-state index contributed by atoms with van der Waals surface area (Å²) >= 11 is 3.26. The van der Waals surface area contributed by atoms with E-state index in [4.69, 9.17) is 18.6 Å². The molecule has 0 radical (unpaired) electrons. The lowest BCUT2D eigenvalue weighted by Gasteiger charge is -2.39. The van der Waals surface area contributed by atoms with E-state index in [0.29, 0.717) is 60.9 Å². The Hall–Kier alpha value is -1.90. The van der Waals surface area contributed by atoms with Crippen LogP contribution in [0.25, 0.3) is 0 Å². The maximum absolute atomic E-state index is 14.7. The molecular formula is C19H20BrFN2O4. The Labute approximate surface area is 165 Å². The molecule has 27 heavy (non-hydrogen) atoms. The first kappa shape index (κ1) is 18.5. The standard InChI is InChI=1S/C19H20BrFN2O4/c1-24-18(15-5-6-16(20)27-15)22-14-4-2-3-13(21)17(14)23-9-7-19(8-10-23)25-11-12-26-19/h2-6H,7-12H2,1H3. The Morgan fingerprint density at radius 1 is 1.19 bits per heavy atom. The number of hydrogen-bond donors (Lipinski definition) is 0. The molecule has 8 heteroatoms. The summed E-state index contributed by atoms with van der Waals surface area (Å²) in [4.78, 5) is 6.50. The molecule has 2 saturated heterocycles. The van der Waals surface area contributed by atoms with E-state index in [2.05, 4.69) is 20.9 Å². The van der Waals surface area contributed by atoms with Crippen molar-refractivity contribution in [1.29, 1.82) is 0 Å². The predicted octanol–water partition coefficient (Wildman–Crippen LogP) is 4.25. The second kappa shape index (κ2) is 7.61. The van der Waals surface area contributed by atoms with Crippen LogP contribution in [0.4, 0.5) is 15.8 Å². The fourth-order valence-corrected chi connectivity index (χ4v) is 3.81. The van der Waals surface area contributed by atoms with Crippen molar-refractivity contribution in [2.24, 2.45) is 4.99 Å². The smallest absolute Gasteiger partial charge is 0.258 e. The normalized spacial score (nSPS) is 19.7. The summed E-state index contributed by atoms with van der Waals surface area (Å²) in [6.45, 7) is 2.48. The molecule has 0 aliphatic carbocycles. The highest BCUT2D eigenvalue weighted by atomic mass is 79.9. The zero-order valence-corrected chi connectivity index (χ0v) is 16.5.